The minimum absolute atomic E-state index is 0.119. The zero-order chi connectivity index (χ0) is 11.4. The van der Waals surface area contributed by atoms with Crippen molar-refractivity contribution >= 4 is 5.78 Å². The summed E-state index contributed by atoms with van der Waals surface area (Å²) in [5, 5.41) is 18.5. The van der Waals surface area contributed by atoms with Crippen molar-refractivity contribution in [2.24, 2.45) is 0 Å². The number of rotatable bonds is 4. The zero-order valence-electron chi connectivity index (χ0n) is 9.03. The third kappa shape index (κ3) is 2.98. The van der Waals surface area contributed by atoms with Crippen LogP contribution in [0.1, 0.15) is 38.2 Å². The number of Topliss-reactive ketones (excluding diaryl/α,β-unsaturated/α-hetero) is 1. The molecule has 0 fully saturated rings. The normalized spacial score (nSPS) is 12.4. The van der Waals surface area contributed by atoms with Crippen LogP contribution in [0.2, 0.25) is 0 Å². The van der Waals surface area contributed by atoms with E-state index < -0.39 is 0 Å². The van der Waals surface area contributed by atoms with Crippen LogP contribution in [-0.2, 0) is 4.79 Å². The molecule has 2 N–H and O–H groups in total. The van der Waals surface area contributed by atoms with Crippen molar-refractivity contribution < 1.29 is 15.0 Å². The predicted octanol–water partition coefficient (Wildman–Crippen LogP) is 2.57. The molecule has 0 aliphatic heterocycles. The van der Waals surface area contributed by atoms with Crippen LogP contribution in [-0.4, -0.2) is 16.0 Å². The first kappa shape index (κ1) is 11.6. The molecule has 0 aromatic heterocycles. The molecule has 3 nitrogen and oxygen atoms in total. The minimum atomic E-state index is -0.130. The van der Waals surface area contributed by atoms with E-state index in [-0.39, 0.29) is 23.2 Å². The van der Waals surface area contributed by atoms with Crippen LogP contribution < -0.4 is 0 Å². The van der Waals surface area contributed by atoms with Gasteiger partial charge in [-0.15, -0.1) is 0 Å². The van der Waals surface area contributed by atoms with E-state index in [0.717, 1.165) is 12.0 Å². The van der Waals surface area contributed by atoms with Crippen LogP contribution in [0.3, 0.4) is 0 Å². The Kier molecular flexibility index (Phi) is 3.72. The van der Waals surface area contributed by atoms with Gasteiger partial charge in [-0.05, 0) is 37.0 Å². The van der Waals surface area contributed by atoms with Crippen molar-refractivity contribution in [1.82, 2.24) is 0 Å². The Labute approximate surface area is 89.4 Å². The Bertz CT molecular complexity index is 358. The highest BCUT2D eigenvalue weighted by atomic mass is 16.3. The summed E-state index contributed by atoms with van der Waals surface area (Å²) in [6.07, 6.45) is 1.31. The molecule has 0 bridgehead atoms. The summed E-state index contributed by atoms with van der Waals surface area (Å²) in [6.45, 7) is 3.56. The van der Waals surface area contributed by atoms with Gasteiger partial charge in [0.25, 0.3) is 0 Å². The molecule has 82 valence electrons. The number of ketones is 1. The van der Waals surface area contributed by atoms with E-state index in [1.165, 1.54) is 12.1 Å². The van der Waals surface area contributed by atoms with Gasteiger partial charge in [0.2, 0.25) is 0 Å². The largest absolute Gasteiger partial charge is 0.504 e. The average molecular weight is 208 g/mol. The molecule has 0 radical (unpaired) electrons. The first-order valence-corrected chi connectivity index (χ1v) is 5.06. The molecular formula is C12H16O3. The Hall–Kier alpha value is -1.51. The maximum Gasteiger partial charge on any atom is 0.157 e. The molecule has 3 heteroatoms. The molecule has 0 spiro atoms. The number of aromatic hydroxyl groups is 2. The van der Waals surface area contributed by atoms with E-state index in [9.17, 15) is 9.90 Å². The van der Waals surface area contributed by atoms with Crippen LogP contribution in [0.15, 0.2) is 18.2 Å². The van der Waals surface area contributed by atoms with Crippen LogP contribution >= 0.6 is 0 Å². The van der Waals surface area contributed by atoms with E-state index >= 15 is 0 Å². The number of hydrogen-bond donors (Lipinski definition) is 2. The Morgan fingerprint density at radius 2 is 2.00 bits per heavy atom. The second kappa shape index (κ2) is 4.82. The summed E-state index contributed by atoms with van der Waals surface area (Å²) < 4.78 is 0. The van der Waals surface area contributed by atoms with Gasteiger partial charge < -0.3 is 15.0 Å². The standard InChI is InChI=1S/C12H16O3/c1-3-9(6-8(2)13)10-4-5-11(14)12(15)7-10/h4-5,7,9,14-15H,3,6H2,1-2H3. The van der Waals surface area contributed by atoms with E-state index in [0.29, 0.717) is 6.42 Å². The van der Waals surface area contributed by atoms with E-state index in [4.69, 9.17) is 5.11 Å². The zero-order valence-corrected chi connectivity index (χ0v) is 9.03. The van der Waals surface area contributed by atoms with Gasteiger partial charge in [-0.2, -0.15) is 0 Å². The number of phenolic OH excluding ortho intramolecular Hbond substituents is 2. The van der Waals surface area contributed by atoms with Gasteiger partial charge in [0, 0.05) is 6.42 Å². The molecule has 0 aliphatic rings. The van der Waals surface area contributed by atoms with Gasteiger partial charge in [0.15, 0.2) is 11.5 Å². The Morgan fingerprint density at radius 1 is 1.33 bits per heavy atom. The molecule has 0 aliphatic carbocycles. The van der Waals surface area contributed by atoms with Gasteiger partial charge in [0.1, 0.15) is 5.78 Å². The van der Waals surface area contributed by atoms with Crippen LogP contribution in [0, 0.1) is 0 Å². The highest BCUT2D eigenvalue weighted by molar-refractivity contribution is 5.76. The molecule has 1 aromatic carbocycles. The van der Waals surface area contributed by atoms with E-state index in [2.05, 4.69) is 0 Å². The predicted molar refractivity (Wildman–Crippen MR) is 58.1 cm³/mol. The molecule has 0 amide bonds. The van der Waals surface area contributed by atoms with Crippen molar-refractivity contribution in [3.05, 3.63) is 23.8 Å². The second-order valence-electron chi connectivity index (χ2n) is 3.76. The number of carbonyl (C=O) groups excluding carboxylic acids is 1. The van der Waals surface area contributed by atoms with Gasteiger partial charge in [0.05, 0.1) is 0 Å². The van der Waals surface area contributed by atoms with Crippen molar-refractivity contribution in [2.45, 2.75) is 32.6 Å². The molecule has 1 unspecified atom stereocenters. The lowest BCUT2D eigenvalue weighted by Crippen LogP contribution is -2.03. The highest BCUT2D eigenvalue weighted by Gasteiger charge is 2.13. The van der Waals surface area contributed by atoms with Gasteiger partial charge in [-0.3, -0.25) is 0 Å². The van der Waals surface area contributed by atoms with Crippen LogP contribution in [0.4, 0.5) is 0 Å². The number of benzene rings is 1. The maximum atomic E-state index is 11.0. The lowest BCUT2D eigenvalue weighted by molar-refractivity contribution is -0.117. The van der Waals surface area contributed by atoms with Gasteiger partial charge >= 0.3 is 0 Å². The molecular weight excluding hydrogens is 192 g/mol. The molecule has 1 atom stereocenters. The Morgan fingerprint density at radius 3 is 2.47 bits per heavy atom. The quantitative estimate of drug-likeness (QED) is 0.748. The summed E-state index contributed by atoms with van der Waals surface area (Å²) in [6, 6.07) is 4.71. The summed E-state index contributed by atoms with van der Waals surface area (Å²) in [5.74, 6) is -0.00524. The maximum absolute atomic E-state index is 11.0. The topological polar surface area (TPSA) is 57.5 Å². The van der Waals surface area contributed by atoms with Gasteiger partial charge in [-0.25, -0.2) is 0 Å². The van der Waals surface area contributed by atoms with Crippen LogP contribution in [0.5, 0.6) is 11.5 Å². The Balaban J connectivity index is 2.92. The molecule has 15 heavy (non-hydrogen) atoms. The second-order valence-corrected chi connectivity index (χ2v) is 3.76. The average Bonchev–Trinajstić information content (AvgIpc) is 2.18. The summed E-state index contributed by atoms with van der Waals surface area (Å²) in [7, 11) is 0. The summed E-state index contributed by atoms with van der Waals surface area (Å²) in [4.78, 5) is 11.0. The van der Waals surface area contributed by atoms with Crippen molar-refractivity contribution in [3.8, 4) is 11.5 Å². The lowest BCUT2D eigenvalue weighted by atomic mass is 9.91. The monoisotopic (exact) mass is 208 g/mol. The lowest BCUT2D eigenvalue weighted by Gasteiger charge is -2.14. The van der Waals surface area contributed by atoms with Crippen LogP contribution in [0.25, 0.3) is 0 Å². The van der Waals surface area contributed by atoms with Crippen molar-refractivity contribution in [2.75, 3.05) is 0 Å². The third-order valence-electron chi connectivity index (χ3n) is 2.50. The fraction of sp³-hybridized carbons (Fsp3) is 0.417. The molecule has 0 saturated carbocycles. The number of phenols is 2. The van der Waals surface area contributed by atoms with Crippen molar-refractivity contribution in [3.63, 3.8) is 0 Å². The third-order valence-corrected chi connectivity index (χ3v) is 2.50. The first-order chi connectivity index (χ1) is 7.04. The molecule has 0 heterocycles. The molecule has 1 rings (SSSR count). The summed E-state index contributed by atoms with van der Waals surface area (Å²) >= 11 is 0. The van der Waals surface area contributed by atoms with Gasteiger partial charge in [-0.1, -0.05) is 13.0 Å². The highest BCUT2D eigenvalue weighted by Crippen LogP contribution is 2.31. The molecule has 1 aromatic rings. The minimum Gasteiger partial charge on any atom is -0.504 e. The first-order valence-electron chi connectivity index (χ1n) is 5.06. The van der Waals surface area contributed by atoms with E-state index in [1.54, 1.807) is 13.0 Å². The fourth-order valence-electron chi connectivity index (χ4n) is 1.64. The van der Waals surface area contributed by atoms with Crippen molar-refractivity contribution in [1.29, 1.82) is 0 Å². The summed E-state index contributed by atoms with van der Waals surface area (Å²) in [5.41, 5.74) is 0.892. The number of carbonyl (C=O) groups is 1. The number of hydrogen-bond acceptors (Lipinski definition) is 3. The molecule has 0 saturated heterocycles. The van der Waals surface area contributed by atoms with E-state index in [1.807, 2.05) is 6.92 Å². The fourth-order valence-corrected chi connectivity index (χ4v) is 1.64. The SMILES string of the molecule is CCC(CC(C)=O)c1ccc(O)c(O)c1. The smallest absolute Gasteiger partial charge is 0.157 e.